The lowest BCUT2D eigenvalue weighted by molar-refractivity contribution is 0.0130. The number of β-amino-alcohol motifs (C(OH)–C–C–N with tert-alkyl or cyclic N) is 1. The SMILES string of the molecule is Cc1cc(NC(=O)N2CCN(CC(C)(C)O)CC2C)cc(C)c1Cl. The van der Waals surface area contributed by atoms with E-state index >= 15 is 0 Å². The van der Waals surface area contributed by atoms with Gasteiger partial charge in [0.15, 0.2) is 0 Å². The molecule has 1 fully saturated rings. The summed E-state index contributed by atoms with van der Waals surface area (Å²) in [7, 11) is 0. The molecule has 134 valence electrons. The van der Waals surface area contributed by atoms with Crippen LogP contribution in [0.4, 0.5) is 10.5 Å². The van der Waals surface area contributed by atoms with Gasteiger partial charge in [0.1, 0.15) is 0 Å². The maximum Gasteiger partial charge on any atom is 0.322 e. The van der Waals surface area contributed by atoms with Crippen LogP contribution in [0.5, 0.6) is 0 Å². The molecule has 1 unspecified atom stereocenters. The van der Waals surface area contributed by atoms with Crippen LogP contribution in [0, 0.1) is 13.8 Å². The average Bonchev–Trinajstić information content (AvgIpc) is 2.42. The molecule has 2 amide bonds. The van der Waals surface area contributed by atoms with Gasteiger partial charge in [-0.15, -0.1) is 0 Å². The van der Waals surface area contributed by atoms with Gasteiger partial charge in [0.05, 0.1) is 5.60 Å². The van der Waals surface area contributed by atoms with Gasteiger partial charge in [-0.05, 0) is 57.9 Å². The number of carbonyl (C=O) groups is 1. The first-order valence-corrected chi connectivity index (χ1v) is 8.74. The Bertz CT molecular complexity index is 590. The van der Waals surface area contributed by atoms with Gasteiger partial charge in [0, 0.05) is 42.9 Å². The average molecular weight is 354 g/mol. The van der Waals surface area contributed by atoms with E-state index in [1.54, 1.807) is 0 Å². The Morgan fingerprint density at radius 1 is 1.33 bits per heavy atom. The number of hydrogen-bond donors (Lipinski definition) is 2. The van der Waals surface area contributed by atoms with Crippen molar-refractivity contribution in [2.24, 2.45) is 0 Å². The van der Waals surface area contributed by atoms with Crippen molar-refractivity contribution < 1.29 is 9.90 Å². The maximum atomic E-state index is 12.6. The predicted molar refractivity (Wildman–Crippen MR) is 98.9 cm³/mol. The van der Waals surface area contributed by atoms with Crippen molar-refractivity contribution in [1.82, 2.24) is 9.80 Å². The van der Waals surface area contributed by atoms with Crippen LogP contribution in [0.15, 0.2) is 12.1 Å². The van der Waals surface area contributed by atoms with Crippen molar-refractivity contribution in [3.8, 4) is 0 Å². The minimum atomic E-state index is -0.720. The smallest absolute Gasteiger partial charge is 0.322 e. The lowest BCUT2D eigenvalue weighted by Crippen LogP contribution is -2.57. The van der Waals surface area contributed by atoms with Crippen molar-refractivity contribution in [2.45, 2.75) is 46.3 Å². The summed E-state index contributed by atoms with van der Waals surface area (Å²) in [5.74, 6) is 0. The quantitative estimate of drug-likeness (QED) is 0.876. The van der Waals surface area contributed by atoms with Gasteiger partial charge in [0.2, 0.25) is 0 Å². The van der Waals surface area contributed by atoms with Crippen LogP contribution in [-0.2, 0) is 0 Å². The second-order valence-corrected chi connectivity index (χ2v) is 7.82. The Morgan fingerprint density at radius 2 is 1.92 bits per heavy atom. The highest BCUT2D eigenvalue weighted by molar-refractivity contribution is 6.32. The molecule has 1 aliphatic heterocycles. The first kappa shape index (κ1) is 19.0. The van der Waals surface area contributed by atoms with E-state index in [1.165, 1.54) is 0 Å². The Labute approximate surface area is 149 Å². The normalized spacial score (nSPS) is 19.5. The van der Waals surface area contributed by atoms with E-state index in [0.717, 1.165) is 34.9 Å². The molecule has 0 radical (unpaired) electrons. The Kier molecular flexibility index (Phi) is 5.78. The summed E-state index contributed by atoms with van der Waals surface area (Å²) in [5.41, 5.74) is 1.96. The number of anilines is 1. The van der Waals surface area contributed by atoms with Crippen LogP contribution in [0.2, 0.25) is 5.02 Å². The molecule has 1 saturated heterocycles. The number of piperazine rings is 1. The zero-order chi connectivity index (χ0) is 18.1. The maximum absolute atomic E-state index is 12.6. The first-order chi connectivity index (χ1) is 11.1. The second-order valence-electron chi connectivity index (χ2n) is 7.44. The highest BCUT2D eigenvalue weighted by Gasteiger charge is 2.29. The molecule has 0 spiro atoms. The van der Waals surface area contributed by atoms with E-state index in [-0.39, 0.29) is 12.1 Å². The predicted octanol–water partition coefficient (Wildman–Crippen LogP) is 3.27. The number of nitrogens with zero attached hydrogens (tertiary/aromatic N) is 2. The number of halogens is 1. The standard InChI is InChI=1S/C18H28ClN3O2/c1-12-8-15(9-13(2)16(12)19)20-17(23)22-7-6-21(10-14(22)3)11-18(4,5)24/h8-9,14,24H,6-7,10-11H2,1-5H3,(H,20,23). The number of amides is 2. The number of rotatable bonds is 3. The van der Waals surface area contributed by atoms with Gasteiger partial charge in [-0.1, -0.05) is 11.6 Å². The van der Waals surface area contributed by atoms with Crippen molar-refractivity contribution in [1.29, 1.82) is 0 Å². The number of urea groups is 1. The van der Waals surface area contributed by atoms with Crippen molar-refractivity contribution in [3.05, 3.63) is 28.3 Å². The van der Waals surface area contributed by atoms with Crippen LogP contribution >= 0.6 is 11.6 Å². The third kappa shape index (κ3) is 4.85. The van der Waals surface area contributed by atoms with Gasteiger partial charge in [0.25, 0.3) is 0 Å². The molecule has 0 aromatic heterocycles. The van der Waals surface area contributed by atoms with E-state index in [9.17, 15) is 9.90 Å². The van der Waals surface area contributed by atoms with Crippen LogP contribution in [-0.4, -0.2) is 58.8 Å². The van der Waals surface area contributed by atoms with Crippen LogP contribution in [0.25, 0.3) is 0 Å². The molecule has 1 aromatic rings. The molecular weight excluding hydrogens is 326 g/mol. The molecule has 1 aromatic carbocycles. The van der Waals surface area contributed by atoms with Crippen LogP contribution < -0.4 is 5.32 Å². The number of benzene rings is 1. The number of hydrogen-bond acceptors (Lipinski definition) is 3. The van der Waals surface area contributed by atoms with Gasteiger partial charge in [-0.25, -0.2) is 4.79 Å². The van der Waals surface area contributed by atoms with Gasteiger partial charge < -0.3 is 15.3 Å². The Hall–Kier alpha value is -1.30. The third-order valence-electron chi connectivity index (χ3n) is 4.27. The fourth-order valence-corrected chi connectivity index (χ4v) is 3.35. The number of aryl methyl sites for hydroxylation is 2. The van der Waals surface area contributed by atoms with Crippen LogP contribution in [0.1, 0.15) is 31.9 Å². The molecule has 2 N–H and O–H groups in total. The number of nitrogens with one attached hydrogen (secondary N) is 1. The van der Waals surface area contributed by atoms with Crippen molar-refractivity contribution >= 4 is 23.3 Å². The van der Waals surface area contributed by atoms with Gasteiger partial charge >= 0.3 is 6.03 Å². The fraction of sp³-hybridized carbons (Fsp3) is 0.611. The van der Waals surface area contributed by atoms with E-state index in [0.29, 0.717) is 13.1 Å². The molecule has 1 heterocycles. The minimum Gasteiger partial charge on any atom is -0.389 e. The van der Waals surface area contributed by atoms with Crippen LogP contribution in [0.3, 0.4) is 0 Å². The number of carbonyl (C=O) groups excluding carboxylic acids is 1. The summed E-state index contributed by atoms with van der Waals surface area (Å²) >= 11 is 6.18. The van der Waals surface area contributed by atoms with E-state index < -0.39 is 5.60 Å². The molecule has 6 heteroatoms. The molecule has 1 aliphatic rings. The van der Waals surface area contributed by atoms with Crippen molar-refractivity contribution in [3.63, 3.8) is 0 Å². The molecule has 24 heavy (non-hydrogen) atoms. The van der Waals surface area contributed by atoms with Crippen molar-refractivity contribution in [2.75, 3.05) is 31.5 Å². The van der Waals surface area contributed by atoms with E-state index in [2.05, 4.69) is 10.2 Å². The molecule has 0 aliphatic carbocycles. The number of aliphatic hydroxyl groups is 1. The molecule has 1 atom stereocenters. The highest BCUT2D eigenvalue weighted by atomic mass is 35.5. The molecular formula is C18H28ClN3O2. The molecule has 5 nitrogen and oxygen atoms in total. The summed E-state index contributed by atoms with van der Waals surface area (Å²) in [6.07, 6.45) is 0. The lowest BCUT2D eigenvalue weighted by atomic mass is 10.1. The largest absolute Gasteiger partial charge is 0.389 e. The molecule has 0 saturated carbocycles. The first-order valence-electron chi connectivity index (χ1n) is 8.36. The Morgan fingerprint density at radius 3 is 2.42 bits per heavy atom. The summed E-state index contributed by atoms with van der Waals surface area (Å²) in [6, 6.07) is 3.78. The Balaban J connectivity index is 1.99. The summed E-state index contributed by atoms with van der Waals surface area (Å²) in [5, 5.41) is 13.7. The zero-order valence-electron chi connectivity index (χ0n) is 15.2. The second kappa shape index (κ2) is 7.30. The third-order valence-corrected chi connectivity index (χ3v) is 4.87. The minimum absolute atomic E-state index is 0.0912. The summed E-state index contributed by atoms with van der Waals surface area (Å²) < 4.78 is 0. The lowest BCUT2D eigenvalue weighted by Gasteiger charge is -2.41. The monoisotopic (exact) mass is 353 g/mol. The summed E-state index contributed by atoms with van der Waals surface area (Å²) in [4.78, 5) is 16.6. The molecule has 0 bridgehead atoms. The topological polar surface area (TPSA) is 55.8 Å². The highest BCUT2D eigenvalue weighted by Crippen LogP contribution is 2.25. The van der Waals surface area contributed by atoms with Gasteiger partial charge in [-0.2, -0.15) is 0 Å². The van der Waals surface area contributed by atoms with Gasteiger partial charge in [-0.3, -0.25) is 4.90 Å². The zero-order valence-corrected chi connectivity index (χ0v) is 15.9. The fourth-order valence-electron chi connectivity index (χ4n) is 3.24. The van der Waals surface area contributed by atoms with E-state index in [4.69, 9.17) is 11.6 Å². The molecule has 2 rings (SSSR count). The summed E-state index contributed by atoms with van der Waals surface area (Å²) in [6.45, 7) is 12.3. The van der Waals surface area contributed by atoms with E-state index in [1.807, 2.05) is 51.7 Å².